The van der Waals surface area contributed by atoms with Gasteiger partial charge in [-0.05, 0) is 42.5 Å². The predicted octanol–water partition coefficient (Wildman–Crippen LogP) is 5.15. The van der Waals surface area contributed by atoms with Crippen molar-refractivity contribution in [2.75, 3.05) is 5.32 Å². The summed E-state index contributed by atoms with van der Waals surface area (Å²) in [6.45, 7) is 0. The number of halogens is 3. The highest BCUT2D eigenvalue weighted by atomic mass is 35.5. The van der Waals surface area contributed by atoms with Crippen LogP contribution >= 0.6 is 23.2 Å². The van der Waals surface area contributed by atoms with Crippen molar-refractivity contribution in [2.24, 2.45) is 5.10 Å². The highest BCUT2D eigenvalue weighted by Crippen LogP contribution is 2.22. The van der Waals surface area contributed by atoms with Crippen LogP contribution in [0.2, 0.25) is 10.0 Å². The number of amides is 2. The van der Waals surface area contributed by atoms with Gasteiger partial charge in [-0.25, -0.2) is 9.82 Å². The predicted molar refractivity (Wildman–Crippen MR) is 112 cm³/mol. The zero-order valence-corrected chi connectivity index (χ0v) is 16.3. The van der Waals surface area contributed by atoms with E-state index in [2.05, 4.69) is 15.8 Å². The Bertz CT molecular complexity index is 1080. The van der Waals surface area contributed by atoms with Crippen LogP contribution < -0.4 is 10.7 Å². The van der Waals surface area contributed by atoms with Crippen molar-refractivity contribution in [3.05, 3.63) is 99.3 Å². The van der Waals surface area contributed by atoms with Crippen molar-refractivity contribution in [2.45, 2.75) is 0 Å². The van der Waals surface area contributed by atoms with E-state index in [-0.39, 0.29) is 11.1 Å². The zero-order chi connectivity index (χ0) is 20.8. The first-order valence-electron chi connectivity index (χ1n) is 8.39. The molecule has 0 saturated carbocycles. The lowest BCUT2D eigenvalue weighted by atomic mass is 10.1. The van der Waals surface area contributed by atoms with Gasteiger partial charge in [-0.2, -0.15) is 5.10 Å². The summed E-state index contributed by atoms with van der Waals surface area (Å²) < 4.78 is 13.7. The van der Waals surface area contributed by atoms with Crippen molar-refractivity contribution in [3.63, 3.8) is 0 Å². The number of benzene rings is 3. The molecule has 0 saturated heterocycles. The zero-order valence-electron chi connectivity index (χ0n) is 14.8. The molecule has 0 fully saturated rings. The summed E-state index contributed by atoms with van der Waals surface area (Å²) in [6, 6.07) is 16.8. The van der Waals surface area contributed by atoms with Gasteiger partial charge in [0.2, 0.25) is 0 Å². The first kappa shape index (κ1) is 20.5. The van der Waals surface area contributed by atoms with Gasteiger partial charge in [0.05, 0.1) is 21.8 Å². The minimum absolute atomic E-state index is 0.0939. The largest absolute Gasteiger partial charge is 0.322 e. The Balaban J connectivity index is 1.69. The molecule has 29 heavy (non-hydrogen) atoms. The van der Waals surface area contributed by atoms with Gasteiger partial charge in [0.1, 0.15) is 5.82 Å². The summed E-state index contributed by atoms with van der Waals surface area (Å²) in [4.78, 5) is 24.5. The second-order valence-corrected chi connectivity index (χ2v) is 6.66. The number of hydrogen-bond donors (Lipinski definition) is 2. The molecule has 2 amide bonds. The van der Waals surface area contributed by atoms with Crippen LogP contribution in [0.3, 0.4) is 0 Å². The van der Waals surface area contributed by atoms with Crippen LogP contribution in [0.15, 0.2) is 71.8 Å². The molecule has 0 heterocycles. The third kappa shape index (κ3) is 5.19. The van der Waals surface area contributed by atoms with Crippen LogP contribution in [-0.4, -0.2) is 18.0 Å². The molecule has 0 aromatic heterocycles. The number of carbonyl (C=O) groups is 2. The van der Waals surface area contributed by atoms with E-state index in [1.165, 1.54) is 30.5 Å². The number of anilines is 1. The van der Waals surface area contributed by atoms with Gasteiger partial charge in [0, 0.05) is 16.8 Å². The second kappa shape index (κ2) is 9.32. The topological polar surface area (TPSA) is 70.6 Å². The molecule has 0 aliphatic carbocycles. The Morgan fingerprint density at radius 1 is 0.897 bits per heavy atom. The highest BCUT2D eigenvalue weighted by molar-refractivity contribution is 6.38. The van der Waals surface area contributed by atoms with Crippen LogP contribution in [-0.2, 0) is 0 Å². The average Bonchev–Trinajstić information content (AvgIpc) is 2.70. The quantitative estimate of drug-likeness (QED) is 0.434. The van der Waals surface area contributed by atoms with Crippen molar-refractivity contribution in [3.8, 4) is 0 Å². The van der Waals surface area contributed by atoms with Crippen LogP contribution in [0.25, 0.3) is 0 Å². The van der Waals surface area contributed by atoms with Crippen LogP contribution in [0.1, 0.15) is 26.3 Å². The summed E-state index contributed by atoms with van der Waals surface area (Å²) in [5.41, 5.74) is 3.33. The molecular formula is C21H14Cl2FN3O2. The summed E-state index contributed by atoms with van der Waals surface area (Å²) in [7, 11) is 0. The molecular weight excluding hydrogens is 416 g/mol. The maximum Gasteiger partial charge on any atom is 0.271 e. The normalized spacial score (nSPS) is 10.7. The fourth-order valence-electron chi connectivity index (χ4n) is 2.44. The Kier molecular flexibility index (Phi) is 6.59. The molecule has 8 heteroatoms. The lowest BCUT2D eigenvalue weighted by Gasteiger charge is -2.07. The third-order valence-electron chi connectivity index (χ3n) is 3.86. The second-order valence-electron chi connectivity index (χ2n) is 5.85. The summed E-state index contributed by atoms with van der Waals surface area (Å²) in [5, 5.41) is 7.21. The van der Waals surface area contributed by atoms with E-state index in [0.717, 1.165) is 0 Å². The molecule has 0 spiro atoms. The molecule has 3 aromatic rings. The van der Waals surface area contributed by atoms with E-state index in [4.69, 9.17) is 23.2 Å². The van der Waals surface area contributed by atoms with E-state index >= 15 is 0 Å². The van der Waals surface area contributed by atoms with E-state index < -0.39 is 17.6 Å². The third-order valence-corrected chi connectivity index (χ3v) is 4.52. The fourth-order valence-corrected chi connectivity index (χ4v) is 2.93. The number of nitrogens with zero attached hydrogens (tertiary/aromatic N) is 1. The summed E-state index contributed by atoms with van der Waals surface area (Å²) in [6.07, 6.45) is 1.34. The van der Waals surface area contributed by atoms with Crippen molar-refractivity contribution >= 4 is 46.9 Å². The van der Waals surface area contributed by atoms with Crippen molar-refractivity contribution in [1.82, 2.24) is 5.43 Å². The molecule has 0 aliphatic heterocycles. The molecule has 3 aromatic carbocycles. The van der Waals surface area contributed by atoms with E-state index in [9.17, 15) is 14.0 Å². The summed E-state index contributed by atoms with van der Waals surface area (Å²) in [5.74, 6) is -1.76. The Hall–Kier alpha value is -3.22. The monoisotopic (exact) mass is 429 g/mol. The van der Waals surface area contributed by atoms with E-state index in [1.54, 1.807) is 42.5 Å². The number of hydrazone groups is 1. The van der Waals surface area contributed by atoms with Gasteiger partial charge < -0.3 is 5.32 Å². The van der Waals surface area contributed by atoms with Gasteiger partial charge in [0.25, 0.3) is 11.8 Å². The SMILES string of the molecule is O=C(N/N=C/c1c(Cl)cccc1Cl)c1cccc(NC(=O)c2ccccc2F)c1. The minimum Gasteiger partial charge on any atom is -0.322 e. The van der Waals surface area contributed by atoms with Gasteiger partial charge in [0.15, 0.2) is 0 Å². The fraction of sp³-hybridized carbons (Fsp3) is 0. The van der Waals surface area contributed by atoms with Gasteiger partial charge in [-0.3, -0.25) is 9.59 Å². The molecule has 0 bridgehead atoms. The standard InChI is InChI=1S/C21H14Cl2FN3O2/c22-17-8-4-9-18(23)16(17)12-25-27-20(28)13-5-3-6-14(11-13)26-21(29)15-7-1-2-10-19(15)24/h1-12H,(H,26,29)(H,27,28)/b25-12+. The van der Waals surface area contributed by atoms with Crippen molar-refractivity contribution < 1.29 is 14.0 Å². The lowest BCUT2D eigenvalue weighted by molar-refractivity contribution is 0.0953. The van der Waals surface area contributed by atoms with Gasteiger partial charge >= 0.3 is 0 Å². The molecule has 146 valence electrons. The number of carbonyl (C=O) groups excluding carboxylic acids is 2. The molecule has 0 atom stereocenters. The molecule has 5 nitrogen and oxygen atoms in total. The number of rotatable bonds is 5. The number of nitrogens with one attached hydrogen (secondary N) is 2. The molecule has 0 unspecified atom stereocenters. The minimum atomic E-state index is -0.633. The van der Waals surface area contributed by atoms with Gasteiger partial charge in [-0.1, -0.05) is 47.5 Å². The van der Waals surface area contributed by atoms with E-state index in [1.807, 2.05) is 0 Å². The van der Waals surface area contributed by atoms with Crippen LogP contribution in [0.4, 0.5) is 10.1 Å². The van der Waals surface area contributed by atoms with Crippen LogP contribution in [0.5, 0.6) is 0 Å². The highest BCUT2D eigenvalue weighted by Gasteiger charge is 2.12. The Morgan fingerprint density at radius 2 is 1.59 bits per heavy atom. The van der Waals surface area contributed by atoms with Crippen LogP contribution in [0, 0.1) is 5.82 Å². The smallest absolute Gasteiger partial charge is 0.271 e. The van der Waals surface area contributed by atoms with Crippen molar-refractivity contribution in [1.29, 1.82) is 0 Å². The Labute approximate surface area is 176 Å². The molecule has 0 aliphatic rings. The first-order valence-corrected chi connectivity index (χ1v) is 9.14. The number of hydrogen-bond acceptors (Lipinski definition) is 3. The maximum atomic E-state index is 13.7. The maximum absolute atomic E-state index is 13.7. The lowest BCUT2D eigenvalue weighted by Crippen LogP contribution is -2.18. The molecule has 3 rings (SSSR count). The average molecular weight is 430 g/mol. The van der Waals surface area contributed by atoms with Gasteiger partial charge in [-0.15, -0.1) is 0 Å². The molecule has 2 N–H and O–H groups in total. The van der Waals surface area contributed by atoms with E-state index in [0.29, 0.717) is 21.3 Å². The summed E-state index contributed by atoms with van der Waals surface area (Å²) >= 11 is 12.1. The molecule has 0 radical (unpaired) electrons. The first-order chi connectivity index (χ1) is 14.0. The Morgan fingerprint density at radius 3 is 2.31 bits per heavy atom.